The zero-order valence-electron chi connectivity index (χ0n) is 12.1. The standard InChI is InChI=1S/C17H26O2/c1-12-7-3-4-8-14(11-12)17-10-6-5-9-15(17)16(18)19-13(17)2/h12,14-15H,2-11H2,1H3. The molecule has 2 nitrogen and oxygen atoms in total. The van der Waals surface area contributed by atoms with Gasteiger partial charge in [-0.25, -0.2) is 0 Å². The highest BCUT2D eigenvalue weighted by molar-refractivity contribution is 5.78. The fraction of sp³-hybridized carbons (Fsp3) is 0.824. The predicted octanol–water partition coefficient (Wildman–Crippen LogP) is 4.45. The lowest BCUT2D eigenvalue weighted by molar-refractivity contribution is -0.140. The van der Waals surface area contributed by atoms with E-state index in [0.29, 0.717) is 5.92 Å². The molecule has 3 fully saturated rings. The van der Waals surface area contributed by atoms with Gasteiger partial charge < -0.3 is 4.74 Å². The molecule has 1 saturated heterocycles. The maximum atomic E-state index is 12.2. The summed E-state index contributed by atoms with van der Waals surface area (Å²) < 4.78 is 5.51. The molecule has 106 valence electrons. The van der Waals surface area contributed by atoms with Crippen LogP contribution in [0.5, 0.6) is 0 Å². The van der Waals surface area contributed by atoms with E-state index in [-0.39, 0.29) is 17.3 Å². The van der Waals surface area contributed by atoms with Gasteiger partial charge in [0, 0.05) is 5.41 Å². The zero-order chi connectivity index (χ0) is 13.5. The lowest BCUT2D eigenvalue weighted by atomic mass is 9.58. The first-order chi connectivity index (χ1) is 9.14. The highest BCUT2D eigenvalue weighted by Gasteiger charge is 2.58. The molecule has 2 heteroatoms. The van der Waals surface area contributed by atoms with E-state index in [0.717, 1.165) is 24.5 Å². The summed E-state index contributed by atoms with van der Waals surface area (Å²) in [6, 6.07) is 0. The van der Waals surface area contributed by atoms with Crippen molar-refractivity contribution >= 4 is 5.97 Å². The van der Waals surface area contributed by atoms with Gasteiger partial charge in [0.1, 0.15) is 5.76 Å². The van der Waals surface area contributed by atoms with E-state index >= 15 is 0 Å². The number of cyclic esters (lactones) is 1. The van der Waals surface area contributed by atoms with Crippen molar-refractivity contribution in [3.05, 3.63) is 12.3 Å². The van der Waals surface area contributed by atoms with Gasteiger partial charge in [0.25, 0.3) is 0 Å². The minimum atomic E-state index is -0.00602. The van der Waals surface area contributed by atoms with Gasteiger partial charge in [-0.05, 0) is 37.5 Å². The van der Waals surface area contributed by atoms with Crippen molar-refractivity contribution in [1.82, 2.24) is 0 Å². The van der Waals surface area contributed by atoms with E-state index in [1.165, 1.54) is 44.9 Å². The fourth-order valence-corrected chi connectivity index (χ4v) is 4.94. The lowest BCUT2D eigenvalue weighted by Crippen LogP contribution is -2.40. The molecule has 1 aliphatic heterocycles. The molecule has 0 aromatic rings. The van der Waals surface area contributed by atoms with Gasteiger partial charge in [0.05, 0.1) is 5.92 Å². The van der Waals surface area contributed by atoms with Crippen molar-refractivity contribution in [2.24, 2.45) is 23.2 Å². The molecule has 2 aliphatic carbocycles. The molecule has 0 bridgehead atoms. The zero-order valence-corrected chi connectivity index (χ0v) is 12.1. The number of fused-ring (bicyclic) bond motifs is 1. The third kappa shape index (κ3) is 2.04. The van der Waals surface area contributed by atoms with Gasteiger partial charge in [-0.15, -0.1) is 0 Å². The van der Waals surface area contributed by atoms with Crippen molar-refractivity contribution in [2.45, 2.75) is 64.7 Å². The quantitative estimate of drug-likeness (QED) is 0.515. The minimum Gasteiger partial charge on any atom is -0.431 e. The Morgan fingerprint density at radius 2 is 1.89 bits per heavy atom. The molecule has 2 saturated carbocycles. The van der Waals surface area contributed by atoms with Crippen LogP contribution >= 0.6 is 0 Å². The van der Waals surface area contributed by atoms with Crippen LogP contribution in [-0.4, -0.2) is 5.97 Å². The first-order valence-electron chi connectivity index (χ1n) is 8.05. The van der Waals surface area contributed by atoms with Crippen LogP contribution in [0.1, 0.15) is 64.7 Å². The third-order valence-electron chi connectivity index (χ3n) is 5.90. The van der Waals surface area contributed by atoms with E-state index in [9.17, 15) is 4.79 Å². The summed E-state index contributed by atoms with van der Waals surface area (Å²) in [5, 5.41) is 0. The van der Waals surface area contributed by atoms with Gasteiger partial charge in [0.2, 0.25) is 0 Å². The van der Waals surface area contributed by atoms with E-state index < -0.39 is 0 Å². The second-order valence-electron chi connectivity index (χ2n) is 7.01. The monoisotopic (exact) mass is 262 g/mol. The average Bonchev–Trinajstić information content (AvgIpc) is 2.55. The number of rotatable bonds is 1. The lowest BCUT2D eigenvalue weighted by Gasteiger charge is -2.43. The molecular weight excluding hydrogens is 236 g/mol. The molecule has 0 aromatic carbocycles. The Balaban J connectivity index is 1.93. The Morgan fingerprint density at radius 1 is 1.16 bits per heavy atom. The summed E-state index contributed by atoms with van der Waals surface area (Å²) >= 11 is 0. The van der Waals surface area contributed by atoms with Crippen molar-refractivity contribution in [3.63, 3.8) is 0 Å². The average molecular weight is 262 g/mol. The topological polar surface area (TPSA) is 26.3 Å². The SMILES string of the molecule is C=C1OC(=O)C2CCCCC12C1CCCCC(C)C1. The van der Waals surface area contributed by atoms with E-state index in [1.807, 2.05) is 0 Å². The Kier molecular flexibility index (Phi) is 3.44. The Bertz CT molecular complexity index is 387. The molecule has 0 amide bonds. The Morgan fingerprint density at radius 3 is 2.74 bits per heavy atom. The Hall–Kier alpha value is -0.790. The number of carbonyl (C=O) groups is 1. The summed E-state index contributed by atoms with van der Waals surface area (Å²) in [5.41, 5.74) is -0.00602. The number of hydrogen-bond donors (Lipinski definition) is 0. The van der Waals surface area contributed by atoms with Crippen LogP contribution in [0.15, 0.2) is 12.3 Å². The van der Waals surface area contributed by atoms with Gasteiger partial charge >= 0.3 is 5.97 Å². The minimum absolute atomic E-state index is 0.00602. The number of hydrogen-bond acceptors (Lipinski definition) is 2. The molecule has 0 radical (unpaired) electrons. The third-order valence-corrected chi connectivity index (χ3v) is 5.90. The summed E-state index contributed by atoms with van der Waals surface area (Å²) in [6.07, 6.45) is 11.1. The molecule has 1 heterocycles. The number of carbonyl (C=O) groups excluding carboxylic acids is 1. The first-order valence-corrected chi connectivity index (χ1v) is 8.05. The van der Waals surface area contributed by atoms with Crippen molar-refractivity contribution in [1.29, 1.82) is 0 Å². The van der Waals surface area contributed by atoms with Crippen LogP contribution in [0, 0.1) is 23.2 Å². The van der Waals surface area contributed by atoms with E-state index in [4.69, 9.17) is 4.74 Å². The van der Waals surface area contributed by atoms with Crippen LogP contribution in [0.2, 0.25) is 0 Å². The fourth-order valence-electron chi connectivity index (χ4n) is 4.94. The maximum absolute atomic E-state index is 12.2. The molecule has 19 heavy (non-hydrogen) atoms. The van der Waals surface area contributed by atoms with Gasteiger partial charge in [-0.3, -0.25) is 4.79 Å². The second-order valence-corrected chi connectivity index (χ2v) is 7.01. The van der Waals surface area contributed by atoms with E-state index in [2.05, 4.69) is 13.5 Å². The first kappa shape index (κ1) is 13.2. The van der Waals surface area contributed by atoms with Crippen LogP contribution in [-0.2, 0) is 9.53 Å². The molecule has 4 atom stereocenters. The second kappa shape index (κ2) is 4.96. The van der Waals surface area contributed by atoms with Crippen LogP contribution in [0.25, 0.3) is 0 Å². The van der Waals surface area contributed by atoms with E-state index in [1.54, 1.807) is 0 Å². The summed E-state index contributed by atoms with van der Waals surface area (Å²) in [5.74, 6) is 2.34. The highest BCUT2D eigenvalue weighted by atomic mass is 16.5. The van der Waals surface area contributed by atoms with Gasteiger partial charge in [-0.1, -0.05) is 45.6 Å². The number of esters is 1. The maximum Gasteiger partial charge on any atom is 0.315 e. The van der Waals surface area contributed by atoms with Crippen LogP contribution in [0.4, 0.5) is 0 Å². The van der Waals surface area contributed by atoms with Gasteiger partial charge in [0.15, 0.2) is 0 Å². The molecule has 0 aromatic heterocycles. The summed E-state index contributed by atoms with van der Waals surface area (Å²) in [7, 11) is 0. The van der Waals surface area contributed by atoms with Gasteiger partial charge in [-0.2, -0.15) is 0 Å². The number of ether oxygens (including phenoxy) is 1. The van der Waals surface area contributed by atoms with Crippen LogP contribution in [0.3, 0.4) is 0 Å². The molecule has 3 aliphatic rings. The predicted molar refractivity (Wildman–Crippen MR) is 75.4 cm³/mol. The molecule has 0 N–H and O–H groups in total. The smallest absolute Gasteiger partial charge is 0.315 e. The Labute approximate surface area is 116 Å². The highest BCUT2D eigenvalue weighted by Crippen LogP contribution is 2.59. The van der Waals surface area contributed by atoms with Crippen molar-refractivity contribution < 1.29 is 9.53 Å². The molecular formula is C17H26O2. The van der Waals surface area contributed by atoms with Crippen molar-refractivity contribution in [2.75, 3.05) is 0 Å². The largest absolute Gasteiger partial charge is 0.431 e. The molecule has 4 unspecified atom stereocenters. The number of allylic oxidation sites excluding steroid dienone is 1. The normalized spacial score (nSPS) is 43.5. The summed E-state index contributed by atoms with van der Waals surface area (Å²) in [6.45, 7) is 6.52. The van der Waals surface area contributed by atoms with Crippen molar-refractivity contribution in [3.8, 4) is 0 Å². The molecule has 0 spiro atoms. The summed E-state index contributed by atoms with van der Waals surface area (Å²) in [4.78, 5) is 12.2. The van der Waals surface area contributed by atoms with Crippen LogP contribution < -0.4 is 0 Å². The molecule has 3 rings (SSSR count).